The minimum absolute atomic E-state index is 0.106. The van der Waals surface area contributed by atoms with Crippen LogP contribution in [0.2, 0.25) is 0 Å². The van der Waals surface area contributed by atoms with Crippen molar-refractivity contribution in [1.82, 2.24) is 15.1 Å². The van der Waals surface area contributed by atoms with Crippen molar-refractivity contribution in [2.24, 2.45) is 0 Å². The normalized spacial score (nSPS) is 15.1. The van der Waals surface area contributed by atoms with E-state index in [1.165, 1.54) is 28.0 Å². The Bertz CT molecular complexity index is 989. The van der Waals surface area contributed by atoms with Gasteiger partial charge in [-0.3, -0.25) is 14.5 Å². The Labute approximate surface area is 181 Å². The van der Waals surface area contributed by atoms with Crippen LogP contribution in [0.1, 0.15) is 17.0 Å². The van der Waals surface area contributed by atoms with Gasteiger partial charge in [0.1, 0.15) is 9.33 Å². The number of anilines is 1. The molecule has 1 aromatic heterocycles. The lowest BCUT2D eigenvalue weighted by Gasteiger charge is -2.13. The molecule has 1 aliphatic rings. The van der Waals surface area contributed by atoms with Crippen LogP contribution >= 0.6 is 35.3 Å². The van der Waals surface area contributed by atoms with Crippen LogP contribution in [-0.4, -0.2) is 52.0 Å². The van der Waals surface area contributed by atoms with Gasteiger partial charge in [0.2, 0.25) is 11.0 Å². The molecule has 0 aliphatic carbocycles. The van der Waals surface area contributed by atoms with Gasteiger partial charge in [0.25, 0.3) is 5.91 Å². The number of carbonyl (C=O) groups excluding carboxylic acids is 2. The minimum Gasteiger partial charge on any atom is -0.493 e. The molecule has 0 atom stereocenters. The second kappa shape index (κ2) is 9.33. The Kier molecular flexibility index (Phi) is 6.83. The summed E-state index contributed by atoms with van der Waals surface area (Å²) in [6.07, 6.45) is 1.85. The fourth-order valence-electron chi connectivity index (χ4n) is 2.53. The second-order valence-corrected chi connectivity index (χ2v) is 8.73. The van der Waals surface area contributed by atoms with Crippen LogP contribution in [0.25, 0.3) is 6.08 Å². The van der Waals surface area contributed by atoms with Gasteiger partial charge < -0.3 is 14.8 Å². The summed E-state index contributed by atoms with van der Waals surface area (Å²) in [5, 5.41) is 11.6. The predicted octanol–water partition coefficient (Wildman–Crippen LogP) is 3.09. The van der Waals surface area contributed by atoms with Crippen molar-refractivity contribution < 1.29 is 19.1 Å². The number of nitrogens with one attached hydrogen (secondary N) is 1. The summed E-state index contributed by atoms with van der Waals surface area (Å²) in [6, 6.07) is 5.37. The number of carbonyl (C=O) groups is 2. The first-order valence-corrected chi connectivity index (χ1v) is 10.5. The third kappa shape index (κ3) is 5.11. The van der Waals surface area contributed by atoms with Crippen LogP contribution < -0.4 is 14.8 Å². The number of nitrogens with zero attached hydrogens (tertiary/aromatic N) is 3. The number of methoxy groups -OCH3 is 2. The summed E-state index contributed by atoms with van der Waals surface area (Å²) >= 11 is 7.81. The van der Waals surface area contributed by atoms with Gasteiger partial charge in [0, 0.05) is 13.0 Å². The highest BCUT2D eigenvalue weighted by atomic mass is 32.2. The largest absolute Gasteiger partial charge is 0.493 e. The van der Waals surface area contributed by atoms with Gasteiger partial charge in [-0.2, -0.15) is 0 Å². The summed E-state index contributed by atoms with van der Waals surface area (Å²) in [5.74, 6) is 0.697. The SMILES string of the molecule is COc1ccc(C=C2SC(=S)N(CCC(=O)Nc3nnc(C)s3)C2=O)cc1OC. The average Bonchev–Trinajstić information content (AvgIpc) is 3.22. The van der Waals surface area contributed by atoms with E-state index in [1.54, 1.807) is 39.4 Å². The van der Waals surface area contributed by atoms with Crippen molar-refractivity contribution in [2.45, 2.75) is 13.3 Å². The van der Waals surface area contributed by atoms with Gasteiger partial charge in [0.05, 0.1) is 19.1 Å². The molecule has 0 radical (unpaired) electrons. The fourth-order valence-corrected chi connectivity index (χ4v) is 4.45. The molecule has 2 amide bonds. The van der Waals surface area contributed by atoms with E-state index in [0.29, 0.717) is 25.9 Å². The summed E-state index contributed by atoms with van der Waals surface area (Å²) in [4.78, 5) is 26.7. The maximum atomic E-state index is 12.7. The van der Waals surface area contributed by atoms with Crippen molar-refractivity contribution in [3.05, 3.63) is 33.7 Å². The van der Waals surface area contributed by atoms with Crippen molar-refractivity contribution >= 4 is 62.7 Å². The highest BCUT2D eigenvalue weighted by Crippen LogP contribution is 2.34. The topological polar surface area (TPSA) is 93.6 Å². The van der Waals surface area contributed by atoms with Gasteiger partial charge in [-0.1, -0.05) is 41.4 Å². The van der Waals surface area contributed by atoms with Crippen molar-refractivity contribution in [1.29, 1.82) is 0 Å². The smallest absolute Gasteiger partial charge is 0.266 e. The molecule has 1 N–H and O–H groups in total. The number of thioether (sulfide) groups is 1. The molecule has 0 spiro atoms. The second-order valence-electron chi connectivity index (χ2n) is 5.87. The van der Waals surface area contributed by atoms with Gasteiger partial charge in [0.15, 0.2) is 11.5 Å². The lowest BCUT2D eigenvalue weighted by Crippen LogP contribution is -2.31. The molecule has 11 heteroatoms. The van der Waals surface area contributed by atoms with E-state index in [1.807, 2.05) is 6.07 Å². The molecule has 3 rings (SSSR count). The summed E-state index contributed by atoms with van der Waals surface area (Å²) in [7, 11) is 3.11. The summed E-state index contributed by atoms with van der Waals surface area (Å²) in [5.41, 5.74) is 0.785. The Morgan fingerprint density at radius 1 is 1.28 bits per heavy atom. The number of rotatable bonds is 7. The van der Waals surface area contributed by atoms with E-state index in [2.05, 4.69) is 15.5 Å². The molecule has 152 valence electrons. The van der Waals surface area contributed by atoms with Gasteiger partial charge in [-0.15, -0.1) is 10.2 Å². The zero-order valence-corrected chi connectivity index (χ0v) is 18.4. The number of thiocarbonyl (C=S) groups is 1. The van der Waals surface area contributed by atoms with E-state index in [-0.39, 0.29) is 24.8 Å². The fraction of sp³-hybridized carbons (Fsp3) is 0.278. The molecular weight excluding hydrogens is 432 g/mol. The van der Waals surface area contributed by atoms with Crippen LogP contribution in [-0.2, 0) is 9.59 Å². The molecule has 8 nitrogen and oxygen atoms in total. The minimum atomic E-state index is -0.251. The van der Waals surface area contributed by atoms with Crippen molar-refractivity contribution in [2.75, 3.05) is 26.1 Å². The standard InChI is InChI=1S/C18H18N4O4S3/c1-10-20-21-17(28-10)19-15(23)6-7-22-16(24)14(29-18(22)27)9-11-4-5-12(25-2)13(8-11)26-3/h4-5,8-9H,6-7H2,1-3H3,(H,19,21,23). The molecule has 1 fully saturated rings. The molecule has 1 saturated heterocycles. The Morgan fingerprint density at radius 3 is 2.69 bits per heavy atom. The number of hydrogen-bond donors (Lipinski definition) is 1. The predicted molar refractivity (Wildman–Crippen MR) is 117 cm³/mol. The van der Waals surface area contributed by atoms with E-state index < -0.39 is 0 Å². The highest BCUT2D eigenvalue weighted by Gasteiger charge is 2.32. The van der Waals surface area contributed by atoms with Crippen LogP contribution in [0.15, 0.2) is 23.1 Å². The third-order valence-electron chi connectivity index (χ3n) is 3.91. The Morgan fingerprint density at radius 2 is 2.03 bits per heavy atom. The highest BCUT2D eigenvalue weighted by molar-refractivity contribution is 8.26. The van der Waals surface area contributed by atoms with Crippen molar-refractivity contribution in [3.63, 3.8) is 0 Å². The molecule has 0 bridgehead atoms. The van der Waals surface area contributed by atoms with Gasteiger partial charge >= 0.3 is 0 Å². The average molecular weight is 451 g/mol. The molecule has 0 saturated carbocycles. The first-order chi connectivity index (χ1) is 13.9. The zero-order chi connectivity index (χ0) is 21.0. The Hall–Kier alpha value is -2.50. The number of aryl methyl sites for hydroxylation is 1. The van der Waals surface area contributed by atoms with Crippen LogP contribution in [0.3, 0.4) is 0 Å². The number of hydrogen-bond acceptors (Lipinski definition) is 9. The van der Waals surface area contributed by atoms with Crippen molar-refractivity contribution in [3.8, 4) is 11.5 Å². The van der Waals surface area contributed by atoms with Gasteiger partial charge in [-0.05, 0) is 30.7 Å². The Balaban J connectivity index is 1.64. The summed E-state index contributed by atoms with van der Waals surface area (Å²) < 4.78 is 10.9. The lowest BCUT2D eigenvalue weighted by molar-refractivity contribution is -0.122. The van der Waals surface area contributed by atoms with Crippen LogP contribution in [0, 0.1) is 6.92 Å². The molecule has 0 unspecified atom stereocenters. The zero-order valence-electron chi connectivity index (χ0n) is 15.9. The molecule has 2 heterocycles. The van der Waals surface area contributed by atoms with E-state index in [4.69, 9.17) is 21.7 Å². The molecular formula is C18H18N4O4S3. The van der Waals surface area contributed by atoms with E-state index >= 15 is 0 Å². The number of ether oxygens (including phenoxy) is 2. The molecule has 1 aromatic carbocycles. The number of benzene rings is 1. The van der Waals surface area contributed by atoms with E-state index in [0.717, 1.165) is 10.6 Å². The molecule has 1 aliphatic heterocycles. The van der Waals surface area contributed by atoms with Crippen LogP contribution in [0.5, 0.6) is 11.5 Å². The van der Waals surface area contributed by atoms with Gasteiger partial charge in [-0.25, -0.2) is 0 Å². The van der Waals surface area contributed by atoms with Crippen LogP contribution in [0.4, 0.5) is 5.13 Å². The van der Waals surface area contributed by atoms with E-state index in [9.17, 15) is 9.59 Å². The first kappa shape index (κ1) is 21.2. The maximum absolute atomic E-state index is 12.7. The molecule has 29 heavy (non-hydrogen) atoms. The third-order valence-corrected chi connectivity index (χ3v) is 6.05. The number of amides is 2. The first-order valence-electron chi connectivity index (χ1n) is 8.48. The maximum Gasteiger partial charge on any atom is 0.266 e. The number of aromatic nitrogens is 2. The lowest BCUT2D eigenvalue weighted by atomic mass is 10.2. The quantitative estimate of drug-likeness (QED) is 0.508. The monoisotopic (exact) mass is 450 g/mol. The summed E-state index contributed by atoms with van der Waals surface area (Å²) in [6.45, 7) is 2.00. The molecule has 2 aromatic rings.